The summed E-state index contributed by atoms with van der Waals surface area (Å²) in [4.78, 5) is 0. The molecule has 258 valence electrons. The lowest BCUT2D eigenvalue weighted by Gasteiger charge is -2.16. The summed E-state index contributed by atoms with van der Waals surface area (Å²) in [7, 11) is 0. The first-order chi connectivity index (χ1) is 23.5. The molecule has 0 saturated heterocycles. The van der Waals surface area contributed by atoms with Crippen LogP contribution in [0.3, 0.4) is 0 Å². The first-order valence-electron chi connectivity index (χ1n) is 19.8. The van der Waals surface area contributed by atoms with Crippen molar-refractivity contribution in [3.05, 3.63) is 70.8 Å². The van der Waals surface area contributed by atoms with Crippen LogP contribution in [0.25, 0.3) is 43.1 Å². The van der Waals surface area contributed by atoms with Crippen molar-refractivity contribution in [2.45, 2.75) is 156 Å². The molecular formula is C46H62O2. The van der Waals surface area contributed by atoms with Gasteiger partial charge in [-0.3, -0.25) is 0 Å². The summed E-state index contributed by atoms with van der Waals surface area (Å²) in [6, 6.07) is 18.0. The van der Waals surface area contributed by atoms with E-state index in [1.165, 1.54) is 125 Å². The van der Waals surface area contributed by atoms with E-state index in [4.69, 9.17) is 0 Å². The van der Waals surface area contributed by atoms with Crippen LogP contribution in [0, 0.1) is 0 Å². The normalized spacial score (nSPS) is 11.9. The zero-order chi connectivity index (χ0) is 33.9. The van der Waals surface area contributed by atoms with Crippen molar-refractivity contribution in [3.63, 3.8) is 0 Å². The van der Waals surface area contributed by atoms with Gasteiger partial charge in [-0.05, 0) is 119 Å². The van der Waals surface area contributed by atoms with E-state index in [2.05, 4.69) is 76.2 Å². The van der Waals surface area contributed by atoms with E-state index in [-0.39, 0.29) is 11.5 Å². The van der Waals surface area contributed by atoms with E-state index in [1.807, 2.05) is 0 Å². The van der Waals surface area contributed by atoms with Gasteiger partial charge in [-0.25, -0.2) is 0 Å². The molecule has 0 aromatic heterocycles. The van der Waals surface area contributed by atoms with E-state index in [9.17, 15) is 10.2 Å². The van der Waals surface area contributed by atoms with Crippen LogP contribution in [0.1, 0.15) is 153 Å². The number of hydrogen-bond acceptors (Lipinski definition) is 2. The Kier molecular flexibility index (Phi) is 13.5. The van der Waals surface area contributed by atoms with Gasteiger partial charge >= 0.3 is 0 Å². The number of fused-ring (bicyclic) bond motifs is 4. The lowest BCUT2D eigenvalue weighted by Crippen LogP contribution is -1.97. The smallest absolute Gasteiger partial charge is 0.131 e. The summed E-state index contributed by atoms with van der Waals surface area (Å²) in [6.07, 6.45) is 24.6. The Morgan fingerprint density at radius 1 is 0.312 bits per heavy atom. The minimum absolute atomic E-state index is 0.280. The van der Waals surface area contributed by atoms with Crippen molar-refractivity contribution in [2.75, 3.05) is 0 Å². The molecule has 0 radical (unpaired) electrons. The van der Waals surface area contributed by atoms with Crippen LogP contribution in [-0.4, -0.2) is 10.2 Å². The Labute approximate surface area is 291 Å². The molecule has 2 nitrogen and oxygen atoms in total. The largest absolute Gasteiger partial charge is 0.507 e. The molecule has 0 saturated carbocycles. The van der Waals surface area contributed by atoms with Crippen LogP contribution in [0.4, 0.5) is 0 Å². The van der Waals surface area contributed by atoms with E-state index >= 15 is 0 Å². The molecule has 0 bridgehead atoms. The molecule has 5 aromatic rings. The van der Waals surface area contributed by atoms with E-state index in [1.54, 1.807) is 0 Å². The predicted octanol–water partition coefficient (Wildman–Crippen LogP) is 14.2. The molecule has 2 N–H and O–H groups in total. The highest BCUT2D eigenvalue weighted by Gasteiger charge is 2.17. The monoisotopic (exact) mass is 646 g/mol. The third-order valence-corrected chi connectivity index (χ3v) is 10.8. The predicted molar refractivity (Wildman–Crippen MR) is 211 cm³/mol. The summed E-state index contributed by atoms with van der Waals surface area (Å²) >= 11 is 0. The second-order valence-corrected chi connectivity index (χ2v) is 14.7. The number of phenolic OH excluding ortho intramolecular Hbond substituents is 2. The van der Waals surface area contributed by atoms with Gasteiger partial charge in [0, 0.05) is 21.5 Å². The third kappa shape index (κ3) is 8.66. The molecule has 0 atom stereocenters. The summed E-state index contributed by atoms with van der Waals surface area (Å²) in [6.45, 7) is 9.09. The number of rotatable bonds is 20. The molecule has 5 rings (SSSR count). The zero-order valence-electron chi connectivity index (χ0n) is 30.7. The molecule has 0 fully saturated rings. The second-order valence-electron chi connectivity index (χ2n) is 14.7. The Hall–Kier alpha value is -3.26. The molecule has 0 aliphatic heterocycles. The van der Waals surface area contributed by atoms with Crippen molar-refractivity contribution >= 4 is 43.1 Å². The molecule has 0 aliphatic rings. The molecule has 48 heavy (non-hydrogen) atoms. The average molecular weight is 647 g/mol. The highest BCUT2D eigenvalue weighted by Crippen LogP contribution is 2.45. The van der Waals surface area contributed by atoms with Gasteiger partial charge in [-0.1, -0.05) is 129 Å². The maximum atomic E-state index is 11.8. The number of benzene rings is 5. The SMILES string of the molecule is CCCCCCc1cc2cc3c(O)c4cc5cc(CCCCCC)c(CCCCCC)cc5cc4c(O)c3cc2cc1CCCCCC. The zero-order valence-corrected chi connectivity index (χ0v) is 30.7. The maximum Gasteiger partial charge on any atom is 0.131 e. The highest BCUT2D eigenvalue weighted by molar-refractivity contribution is 6.17. The minimum Gasteiger partial charge on any atom is -0.507 e. The van der Waals surface area contributed by atoms with Crippen LogP contribution >= 0.6 is 0 Å². The van der Waals surface area contributed by atoms with Crippen molar-refractivity contribution in [3.8, 4) is 11.5 Å². The fraction of sp³-hybridized carbons (Fsp3) is 0.522. The second kappa shape index (κ2) is 17.9. The maximum absolute atomic E-state index is 11.8. The Morgan fingerprint density at radius 2 is 0.542 bits per heavy atom. The van der Waals surface area contributed by atoms with E-state index < -0.39 is 0 Å². The molecule has 0 unspecified atom stereocenters. The Balaban J connectivity index is 1.59. The van der Waals surface area contributed by atoms with Gasteiger partial charge in [0.05, 0.1) is 0 Å². The van der Waals surface area contributed by atoms with E-state index in [0.717, 1.165) is 68.8 Å². The van der Waals surface area contributed by atoms with Crippen LogP contribution in [0.5, 0.6) is 11.5 Å². The van der Waals surface area contributed by atoms with Crippen molar-refractivity contribution in [1.29, 1.82) is 0 Å². The number of unbranched alkanes of at least 4 members (excludes halogenated alkanes) is 12. The lowest BCUT2D eigenvalue weighted by molar-refractivity contribution is 0.478. The fourth-order valence-corrected chi connectivity index (χ4v) is 7.86. The number of hydrogen-bond donors (Lipinski definition) is 2. The van der Waals surface area contributed by atoms with E-state index in [0.29, 0.717) is 0 Å². The van der Waals surface area contributed by atoms with Crippen LogP contribution in [0.15, 0.2) is 48.5 Å². The molecule has 0 aliphatic carbocycles. The summed E-state index contributed by atoms with van der Waals surface area (Å²) < 4.78 is 0. The summed E-state index contributed by atoms with van der Waals surface area (Å²) in [5.41, 5.74) is 5.84. The molecule has 2 heteroatoms. The Morgan fingerprint density at radius 3 is 0.750 bits per heavy atom. The fourth-order valence-electron chi connectivity index (χ4n) is 7.86. The molecule has 0 spiro atoms. The number of aromatic hydroxyl groups is 2. The highest BCUT2D eigenvalue weighted by atomic mass is 16.3. The minimum atomic E-state index is 0.280. The van der Waals surface area contributed by atoms with Crippen LogP contribution in [0.2, 0.25) is 0 Å². The van der Waals surface area contributed by atoms with Crippen molar-refractivity contribution < 1.29 is 10.2 Å². The summed E-state index contributed by atoms with van der Waals surface area (Å²) in [5.74, 6) is 0.561. The lowest BCUT2D eigenvalue weighted by atomic mass is 9.89. The molecule has 5 aromatic carbocycles. The molecule has 0 heterocycles. The first-order valence-corrected chi connectivity index (χ1v) is 19.8. The van der Waals surface area contributed by atoms with Gasteiger partial charge in [-0.15, -0.1) is 0 Å². The molecule has 0 amide bonds. The van der Waals surface area contributed by atoms with Crippen LogP contribution < -0.4 is 0 Å². The average Bonchev–Trinajstić information content (AvgIpc) is 3.10. The van der Waals surface area contributed by atoms with Gasteiger partial charge < -0.3 is 10.2 Å². The molecular weight excluding hydrogens is 585 g/mol. The topological polar surface area (TPSA) is 40.5 Å². The van der Waals surface area contributed by atoms with Gasteiger partial charge in [0.2, 0.25) is 0 Å². The Bertz CT molecular complexity index is 1540. The van der Waals surface area contributed by atoms with Gasteiger partial charge in [0.25, 0.3) is 0 Å². The number of phenols is 2. The van der Waals surface area contributed by atoms with Gasteiger partial charge in [-0.2, -0.15) is 0 Å². The number of aryl methyl sites for hydroxylation is 4. The third-order valence-electron chi connectivity index (χ3n) is 10.8. The van der Waals surface area contributed by atoms with Crippen molar-refractivity contribution in [2.24, 2.45) is 0 Å². The summed E-state index contributed by atoms with van der Waals surface area (Å²) in [5, 5.41) is 31.2. The quantitative estimate of drug-likeness (QED) is 0.0502. The van der Waals surface area contributed by atoms with Crippen LogP contribution in [-0.2, 0) is 25.7 Å². The van der Waals surface area contributed by atoms with Gasteiger partial charge in [0.15, 0.2) is 0 Å². The standard InChI is InChI=1S/C46H62O2/c1-5-9-13-17-21-33-25-37-29-41-42(30-38(37)26-34(33)22-18-14-10-6-2)46(48)44-32-40-28-36(24-20-16-12-8-4)35(23-19-15-11-7-3)27-39(40)31-43(44)45(41)47/h25-32,47-48H,5-24H2,1-4H3. The van der Waals surface area contributed by atoms with Crippen molar-refractivity contribution in [1.82, 2.24) is 0 Å². The first kappa shape index (κ1) is 36.0. The van der Waals surface area contributed by atoms with Gasteiger partial charge in [0.1, 0.15) is 11.5 Å².